The largest absolute Gasteiger partial charge is 0.498 e. The summed E-state index contributed by atoms with van der Waals surface area (Å²) in [6, 6.07) is 0. The average molecular weight is 377 g/mol. The average Bonchev–Trinajstić information content (AvgIpc) is 3.00. The molecule has 0 radical (unpaired) electrons. The van der Waals surface area contributed by atoms with Gasteiger partial charge in [-0.1, -0.05) is 6.92 Å². The fraction of sp³-hybridized carbons (Fsp3) is 0.789. The molecule has 1 aromatic heterocycles. The van der Waals surface area contributed by atoms with Crippen LogP contribution in [0.1, 0.15) is 61.8 Å². The molecule has 0 unspecified atom stereocenters. The molecule has 150 valence electrons. The number of hydrogen-bond donors (Lipinski definition) is 0. The molecule has 3 rings (SSSR count). The van der Waals surface area contributed by atoms with Crippen molar-refractivity contribution in [1.29, 1.82) is 0 Å². The second kappa shape index (κ2) is 6.24. The zero-order valence-electron chi connectivity index (χ0n) is 17.8. The molecule has 0 aromatic carbocycles. The van der Waals surface area contributed by atoms with Crippen LogP contribution in [0.15, 0.2) is 12.4 Å². The van der Waals surface area contributed by atoms with Crippen LogP contribution in [0.2, 0.25) is 0 Å². The molecule has 2 saturated heterocycles. The van der Waals surface area contributed by atoms with Crippen molar-refractivity contribution >= 4 is 18.7 Å². The lowest BCUT2D eigenvalue weighted by Crippen LogP contribution is -2.64. The van der Waals surface area contributed by atoms with Gasteiger partial charge in [0.1, 0.15) is 5.60 Å². The third kappa shape index (κ3) is 3.61. The van der Waals surface area contributed by atoms with E-state index < -0.39 is 12.7 Å². The summed E-state index contributed by atoms with van der Waals surface area (Å²) < 4.78 is 19.6. The summed E-state index contributed by atoms with van der Waals surface area (Å²) in [5.74, 6) is 0. The fourth-order valence-electron chi connectivity index (χ4n) is 3.35. The first-order valence-corrected chi connectivity index (χ1v) is 9.67. The zero-order chi connectivity index (χ0) is 20.3. The molecule has 8 heteroatoms. The number of rotatable bonds is 3. The molecule has 0 aliphatic carbocycles. The second-order valence-electron chi connectivity index (χ2n) is 9.72. The summed E-state index contributed by atoms with van der Waals surface area (Å²) in [6.45, 7) is 17.1. The van der Waals surface area contributed by atoms with E-state index in [4.69, 9.17) is 14.0 Å². The van der Waals surface area contributed by atoms with Crippen molar-refractivity contribution in [2.24, 2.45) is 0 Å². The highest BCUT2D eigenvalue weighted by Gasteiger charge is 2.53. The first-order valence-electron chi connectivity index (χ1n) is 9.67. The van der Waals surface area contributed by atoms with Gasteiger partial charge >= 0.3 is 13.2 Å². The SMILES string of the molecule is CCC1(n2cc(B3OC(C)(C)C(C)(C)O3)cn2)CN(C(=O)OC(C)(C)C)C1. The van der Waals surface area contributed by atoms with Crippen LogP contribution in [-0.2, 0) is 19.6 Å². The van der Waals surface area contributed by atoms with E-state index >= 15 is 0 Å². The van der Waals surface area contributed by atoms with Gasteiger partial charge in [-0.25, -0.2) is 4.79 Å². The minimum Gasteiger partial charge on any atom is -0.444 e. The van der Waals surface area contributed by atoms with Crippen LogP contribution >= 0.6 is 0 Å². The summed E-state index contributed by atoms with van der Waals surface area (Å²) in [4.78, 5) is 14.0. The summed E-state index contributed by atoms with van der Waals surface area (Å²) in [5.41, 5.74) is -0.564. The van der Waals surface area contributed by atoms with Crippen molar-refractivity contribution in [2.45, 2.75) is 84.2 Å². The Balaban J connectivity index is 1.70. The lowest BCUT2D eigenvalue weighted by molar-refractivity contribution is -0.0343. The lowest BCUT2D eigenvalue weighted by Gasteiger charge is -2.49. The van der Waals surface area contributed by atoms with E-state index in [0.29, 0.717) is 13.1 Å². The highest BCUT2D eigenvalue weighted by molar-refractivity contribution is 6.62. The Morgan fingerprint density at radius 2 is 1.78 bits per heavy atom. The van der Waals surface area contributed by atoms with Gasteiger partial charge in [0.25, 0.3) is 0 Å². The summed E-state index contributed by atoms with van der Waals surface area (Å²) in [5, 5.41) is 4.57. The van der Waals surface area contributed by atoms with Crippen LogP contribution in [0.4, 0.5) is 4.79 Å². The van der Waals surface area contributed by atoms with Gasteiger partial charge in [0.15, 0.2) is 0 Å². The molecule has 2 aliphatic rings. The number of amides is 1. The van der Waals surface area contributed by atoms with Gasteiger partial charge < -0.3 is 18.9 Å². The lowest BCUT2D eigenvalue weighted by atomic mass is 9.81. The van der Waals surface area contributed by atoms with Gasteiger partial charge in [-0.3, -0.25) is 4.68 Å². The smallest absolute Gasteiger partial charge is 0.444 e. The molecule has 0 saturated carbocycles. The Morgan fingerprint density at radius 1 is 1.22 bits per heavy atom. The summed E-state index contributed by atoms with van der Waals surface area (Å²) >= 11 is 0. The number of likely N-dealkylation sites (tertiary alicyclic amines) is 1. The van der Waals surface area contributed by atoms with Crippen molar-refractivity contribution in [1.82, 2.24) is 14.7 Å². The van der Waals surface area contributed by atoms with Gasteiger partial charge in [0.2, 0.25) is 0 Å². The number of carbonyl (C=O) groups is 1. The van der Waals surface area contributed by atoms with Crippen LogP contribution < -0.4 is 5.46 Å². The number of carbonyl (C=O) groups excluding carboxylic acids is 1. The van der Waals surface area contributed by atoms with Crippen LogP contribution in [-0.4, -0.2) is 57.8 Å². The predicted molar refractivity (Wildman–Crippen MR) is 104 cm³/mol. The molecule has 3 heterocycles. The Labute approximate surface area is 162 Å². The first kappa shape index (κ1) is 20.2. The maximum absolute atomic E-state index is 12.3. The number of aromatic nitrogens is 2. The van der Waals surface area contributed by atoms with Crippen molar-refractivity contribution in [3.63, 3.8) is 0 Å². The van der Waals surface area contributed by atoms with Crippen LogP contribution in [0.5, 0.6) is 0 Å². The molecule has 2 fully saturated rings. The quantitative estimate of drug-likeness (QED) is 0.758. The molecule has 1 amide bonds. The van der Waals surface area contributed by atoms with Gasteiger partial charge in [0, 0.05) is 17.9 Å². The third-order valence-electron chi connectivity index (χ3n) is 5.89. The highest BCUT2D eigenvalue weighted by atomic mass is 16.7. The molecule has 0 spiro atoms. The minimum atomic E-state index is -0.489. The van der Waals surface area contributed by atoms with Crippen molar-refractivity contribution in [3.8, 4) is 0 Å². The van der Waals surface area contributed by atoms with Crippen LogP contribution in [0, 0.1) is 0 Å². The standard InChI is InChI=1S/C19H32BN3O4/c1-9-19(12-22(13-19)15(24)25-16(2,3)4)23-11-14(10-21-23)20-26-17(5,6)18(7,8)27-20/h10-11H,9,12-13H2,1-8H3. The monoisotopic (exact) mass is 377 g/mol. The van der Waals surface area contributed by atoms with Gasteiger partial charge in [-0.15, -0.1) is 0 Å². The Bertz CT molecular complexity index is 701. The van der Waals surface area contributed by atoms with Gasteiger partial charge in [-0.2, -0.15) is 5.10 Å². The topological polar surface area (TPSA) is 65.8 Å². The third-order valence-corrected chi connectivity index (χ3v) is 5.89. The molecule has 27 heavy (non-hydrogen) atoms. The van der Waals surface area contributed by atoms with E-state index in [1.165, 1.54) is 0 Å². The normalized spacial score (nSPS) is 23.3. The number of ether oxygens (including phenoxy) is 1. The molecule has 2 aliphatic heterocycles. The summed E-state index contributed by atoms with van der Waals surface area (Å²) in [6.07, 6.45) is 4.38. The first-order chi connectivity index (χ1) is 12.3. The maximum Gasteiger partial charge on any atom is 0.498 e. The van der Waals surface area contributed by atoms with Gasteiger partial charge in [0.05, 0.1) is 29.8 Å². The van der Waals surface area contributed by atoms with E-state index in [-0.39, 0.29) is 22.8 Å². The van der Waals surface area contributed by atoms with E-state index in [9.17, 15) is 4.79 Å². The Kier molecular flexibility index (Phi) is 4.67. The Morgan fingerprint density at radius 3 is 2.26 bits per heavy atom. The van der Waals surface area contributed by atoms with Crippen molar-refractivity contribution < 1.29 is 18.8 Å². The van der Waals surface area contributed by atoms with E-state index in [0.717, 1.165) is 11.9 Å². The molecule has 0 bridgehead atoms. The minimum absolute atomic E-state index is 0.210. The molecule has 0 atom stereocenters. The fourth-order valence-corrected chi connectivity index (χ4v) is 3.35. The maximum atomic E-state index is 12.3. The van der Waals surface area contributed by atoms with Crippen molar-refractivity contribution in [3.05, 3.63) is 12.4 Å². The molecular weight excluding hydrogens is 345 g/mol. The van der Waals surface area contributed by atoms with E-state index in [1.54, 1.807) is 11.1 Å². The van der Waals surface area contributed by atoms with Gasteiger partial charge in [-0.05, 0) is 54.9 Å². The van der Waals surface area contributed by atoms with E-state index in [2.05, 4.69) is 12.0 Å². The Hall–Kier alpha value is -1.54. The molecular formula is C19H32BN3O4. The van der Waals surface area contributed by atoms with Crippen LogP contribution in [0.3, 0.4) is 0 Å². The number of nitrogens with zero attached hydrogens (tertiary/aromatic N) is 3. The second-order valence-corrected chi connectivity index (χ2v) is 9.72. The molecule has 1 aromatic rings. The van der Waals surface area contributed by atoms with E-state index in [1.807, 2.05) is 59.3 Å². The highest BCUT2D eigenvalue weighted by Crippen LogP contribution is 2.37. The summed E-state index contributed by atoms with van der Waals surface area (Å²) in [7, 11) is -0.431. The molecule has 7 nitrogen and oxygen atoms in total. The number of hydrogen-bond acceptors (Lipinski definition) is 5. The molecule has 0 N–H and O–H groups in total. The van der Waals surface area contributed by atoms with Crippen molar-refractivity contribution in [2.75, 3.05) is 13.1 Å². The zero-order valence-corrected chi connectivity index (χ0v) is 17.8. The van der Waals surface area contributed by atoms with Crippen LogP contribution in [0.25, 0.3) is 0 Å². The predicted octanol–water partition coefficient (Wildman–Crippen LogP) is 2.54.